The Morgan fingerprint density at radius 1 is 1.07 bits per heavy atom. The third-order valence-corrected chi connectivity index (χ3v) is 7.03. The Balaban J connectivity index is 1.26. The summed E-state index contributed by atoms with van der Waals surface area (Å²) in [7, 11) is 0. The Morgan fingerprint density at radius 3 is 2.54 bits per heavy atom. The summed E-state index contributed by atoms with van der Waals surface area (Å²) in [5.74, 6) is 1.57. The fourth-order valence-electron chi connectivity index (χ4n) is 3.16. The minimum atomic E-state index is -0.118. The molecule has 1 aromatic carbocycles. The van der Waals surface area contributed by atoms with E-state index in [2.05, 4.69) is 0 Å². The average Bonchev–Trinajstić information content (AvgIpc) is 3.33. The number of carbonyl (C=O) groups excluding carboxylic acids is 2. The van der Waals surface area contributed by atoms with E-state index in [1.807, 2.05) is 41.3 Å². The minimum absolute atomic E-state index is 0.114. The monoisotopic (exact) mass is 434 g/mol. The van der Waals surface area contributed by atoms with Crippen molar-refractivity contribution in [3.63, 3.8) is 0 Å². The van der Waals surface area contributed by atoms with Crippen molar-refractivity contribution in [2.24, 2.45) is 0 Å². The van der Waals surface area contributed by atoms with Crippen molar-refractivity contribution < 1.29 is 14.0 Å². The molecule has 1 aliphatic heterocycles. The lowest BCUT2D eigenvalue weighted by atomic mass is 10.2. The van der Waals surface area contributed by atoms with Gasteiger partial charge in [0, 0.05) is 42.2 Å². The first-order valence-electron chi connectivity index (χ1n) is 8.98. The van der Waals surface area contributed by atoms with Gasteiger partial charge in [-0.25, -0.2) is 0 Å². The predicted molar refractivity (Wildman–Crippen MR) is 114 cm³/mol. The Kier molecular flexibility index (Phi) is 5.94. The van der Waals surface area contributed by atoms with Crippen molar-refractivity contribution in [1.82, 2.24) is 9.80 Å². The predicted octanol–water partition coefficient (Wildman–Crippen LogP) is 4.37. The number of para-hydroxylation sites is 1. The van der Waals surface area contributed by atoms with Crippen LogP contribution in [0.2, 0.25) is 4.34 Å². The van der Waals surface area contributed by atoms with Crippen molar-refractivity contribution in [3.05, 3.63) is 57.4 Å². The summed E-state index contributed by atoms with van der Waals surface area (Å²) < 4.78 is 6.44. The van der Waals surface area contributed by atoms with Gasteiger partial charge in [0.1, 0.15) is 5.58 Å². The molecule has 146 valence electrons. The average molecular weight is 435 g/mol. The van der Waals surface area contributed by atoms with Crippen LogP contribution in [0.1, 0.15) is 15.4 Å². The molecule has 0 bridgehead atoms. The first kappa shape index (κ1) is 19.4. The van der Waals surface area contributed by atoms with Gasteiger partial charge in [-0.2, -0.15) is 0 Å². The Labute approximate surface area is 176 Å². The van der Waals surface area contributed by atoms with Crippen LogP contribution in [0.3, 0.4) is 0 Å². The molecule has 1 saturated heterocycles. The summed E-state index contributed by atoms with van der Waals surface area (Å²) in [5.41, 5.74) is 0.712. The lowest BCUT2D eigenvalue weighted by Crippen LogP contribution is -2.51. The van der Waals surface area contributed by atoms with Crippen LogP contribution in [0.15, 0.2) is 46.9 Å². The first-order chi connectivity index (χ1) is 13.6. The van der Waals surface area contributed by atoms with Crippen molar-refractivity contribution >= 4 is 57.5 Å². The summed E-state index contributed by atoms with van der Waals surface area (Å²) in [6, 6.07) is 13.2. The van der Waals surface area contributed by atoms with Crippen LogP contribution in [0, 0.1) is 0 Å². The number of amides is 2. The third-order valence-electron chi connectivity index (χ3n) is 4.65. The van der Waals surface area contributed by atoms with E-state index in [1.54, 1.807) is 34.1 Å². The van der Waals surface area contributed by atoms with E-state index >= 15 is 0 Å². The lowest BCUT2D eigenvalue weighted by molar-refractivity contribution is -0.129. The minimum Gasteiger partial charge on any atom is -0.451 e. The van der Waals surface area contributed by atoms with Crippen molar-refractivity contribution in [2.45, 2.75) is 5.75 Å². The molecule has 0 radical (unpaired) electrons. The highest BCUT2D eigenvalue weighted by atomic mass is 35.5. The normalized spacial score (nSPS) is 14.6. The number of benzene rings is 1. The van der Waals surface area contributed by atoms with Gasteiger partial charge in [-0.1, -0.05) is 29.8 Å². The van der Waals surface area contributed by atoms with Gasteiger partial charge in [-0.15, -0.1) is 23.1 Å². The summed E-state index contributed by atoms with van der Waals surface area (Å²) >= 11 is 9.06. The number of piperazine rings is 1. The zero-order chi connectivity index (χ0) is 19.5. The summed E-state index contributed by atoms with van der Waals surface area (Å²) in [6.07, 6.45) is 0. The maximum Gasteiger partial charge on any atom is 0.289 e. The highest BCUT2D eigenvalue weighted by Gasteiger charge is 2.26. The van der Waals surface area contributed by atoms with Crippen molar-refractivity contribution in [2.75, 3.05) is 31.9 Å². The number of furan rings is 1. The molecule has 0 aliphatic carbocycles. The number of thiophene rings is 1. The number of thioether (sulfide) groups is 1. The molecular weight excluding hydrogens is 416 g/mol. The molecule has 28 heavy (non-hydrogen) atoms. The smallest absolute Gasteiger partial charge is 0.289 e. The van der Waals surface area contributed by atoms with Crippen LogP contribution in [0.25, 0.3) is 11.0 Å². The SMILES string of the molecule is O=C(CSCc1ccc(Cl)s1)N1CCN(C(=O)c2cc3ccccc3o2)CC1. The van der Waals surface area contributed by atoms with E-state index < -0.39 is 0 Å². The van der Waals surface area contributed by atoms with Gasteiger partial charge in [0.15, 0.2) is 5.76 Å². The second kappa shape index (κ2) is 8.59. The molecular formula is C20H19ClN2O3S2. The van der Waals surface area contributed by atoms with Crippen LogP contribution in [0.5, 0.6) is 0 Å². The van der Waals surface area contributed by atoms with E-state index in [0.29, 0.717) is 43.3 Å². The van der Waals surface area contributed by atoms with Crippen molar-refractivity contribution in [1.29, 1.82) is 0 Å². The zero-order valence-corrected chi connectivity index (χ0v) is 17.5. The van der Waals surface area contributed by atoms with Crippen molar-refractivity contribution in [3.8, 4) is 0 Å². The molecule has 3 heterocycles. The van der Waals surface area contributed by atoms with E-state index in [4.69, 9.17) is 16.0 Å². The number of rotatable bonds is 5. The summed E-state index contributed by atoms with van der Waals surface area (Å²) in [5, 5.41) is 0.920. The quantitative estimate of drug-likeness (QED) is 0.598. The maximum absolute atomic E-state index is 12.7. The zero-order valence-electron chi connectivity index (χ0n) is 15.1. The van der Waals surface area contributed by atoms with Gasteiger partial charge in [0.2, 0.25) is 5.91 Å². The third kappa shape index (κ3) is 4.37. The molecule has 3 aromatic rings. The molecule has 2 aromatic heterocycles. The molecule has 0 saturated carbocycles. The van der Waals surface area contributed by atoms with Gasteiger partial charge in [0.25, 0.3) is 5.91 Å². The van der Waals surface area contributed by atoms with Gasteiger partial charge in [-0.05, 0) is 24.3 Å². The number of hydrogen-bond donors (Lipinski definition) is 0. The molecule has 4 rings (SSSR count). The van der Waals surface area contributed by atoms with E-state index in [0.717, 1.165) is 15.5 Å². The Morgan fingerprint density at radius 2 is 1.82 bits per heavy atom. The molecule has 8 heteroatoms. The van der Waals surface area contributed by atoms with Gasteiger partial charge in [-0.3, -0.25) is 9.59 Å². The molecule has 0 N–H and O–H groups in total. The first-order valence-corrected chi connectivity index (χ1v) is 11.3. The molecule has 1 fully saturated rings. The van der Waals surface area contributed by atoms with Gasteiger partial charge >= 0.3 is 0 Å². The van der Waals surface area contributed by atoms with E-state index in [1.165, 1.54) is 4.88 Å². The van der Waals surface area contributed by atoms with Crippen LogP contribution >= 0.6 is 34.7 Å². The maximum atomic E-state index is 12.7. The van der Waals surface area contributed by atoms with E-state index in [9.17, 15) is 9.59 Å². The number of hydrogen-bond acceptors (Lipinski definition) is 5. The molecule has 0 unspecified atom stereocenters. The van der Waals surface area contributed by atoms with Gasteiger partial charge < -0.3 is 14.2 Å². The molecule has 1 aliphatic rings. The van der Waals surface area contributed by atoms with Gasteiger partial charge in [0.05, 0.1) is 10.1 Å². The topological polar surface area (TPSA) is 53.8 Å². The summed E-state index contributed by atoms with van der Waals surface area (Å²) in [4.78, 5) is 29.9. The van der Waals surface area contributed by atoms with Crippen LogP contribution < -0.4 is 0 Å². The fraction of sp³-hybridized carbons (Fsp3) is 0.300. The number of carbonyl (C=O) groups is 2. The Bertz CT molecular complexity index is 959. The van der Waals surface area contributed by atoms with Crippen LogP contribution in [-0.2, 0) is 10.5 Å². The van der Waals surface area contributed by atoms with Crippen LogP contribution in [-0.4, -0.2) is 53.5 Å². The second-order valence-corrected chi connectivity index (χ2v) is 9.31. The molecule has 5 nitrogen and oxygen atoms in total. The lowest BCUT2D eigenvalue weighted by Gasteiger charge is -2.34. The molecule has 0 spiro atoms. The molecule has 2 amide bonds. The number of nitrogens with zero attached hydrogens (tertiary/aromatic N) is 2. The van der Waals surface area contributed by atoms with E-state index in [-0.39, 0.29) is 11.8 Å². The number of fused-ring (bicyclic) bond motifs is 1. The van der Waals surface area contributed by atoms with Crippen LogP contribution in [0.4, 0.5) is 0 Å². The highest BCUT2D eigenvalue weighted by Crippen LogP contribution is 2.25. The fourth-order valence-corrected chi connectivity index (χ4v) is 5.29. The highest BCUT2D eigenvalue weighted by molar-refractivity contribution is 7.99. The number of halogens is 1. The molecule has 0 atom stereocenters. The Hall–Kier alpha value is -1.96. The standard InChI is InChI=1S/C20H19ClN2O3S2/c21-18-6-5-15(28-18)12-27-13-19(24)22-7-9-23(10-8-22)20(25)17-11-14-3-1-2-4-16(14)26-17/h1-6,11H,7-10,12-13H2. The summed E-state index contributed by atoms with van der Waals surface area (Å²) in [6.45, 7) is 2.14. The largest absolute Gasteiger partial charge is 0.451 e. The second-order valence-electron chi connectivity index (χ2n) is 6.52.